The van der Waals surface area contributed by atoms with Gasteiger partial charge in [0, 0.05) is 37.8 Å². The van der Waals surface area contributed by atoms with E-state index < -0.39 is 5.60 Å². The Bertz CT molecular complexity index is 958. The van der Waals surface area contributed by atoms with Crippen LogP contribution in [-0.2, 0) is 11.3 Å². The van der Waals surface area contributed by atoms with E-state index in [0.717, 1.165) is 24.0 Å². The molecule has 1 aromatic carbocycles. The molecule has 1 aromatic heterocycles. The lowest BCUT2D eigenvalue weighted by Crippen LogP contribution is -2.44. The van der Waals surface area contributed by atoms with Crippen LogP contribution < -0.4 is 4.74 Å². The smallest absolute Gasteiger partial charge is 0.226 e. The lowest BCUT2D eigenvalue weighted by molar-refractivity contribution is -0.133. The average molecular weight is 376 g/mol. The molecule has 4 atom stereocenters. The van der Waals surface area contributed by atoms with Gasteiger partial charge in [0.25, 0.3) is 0 Å². The van der Waals surface area contributed by atoms with E-state index >= 15 is 0 Å². The number of benzene rings is 1. The number of ketones is 1. The Morgan fingerprint density at radius 2 is 2.07 bits per heavy atom. The summed E-state index contributed by atoms with van der Waals surface area (Å²) >= 11 is 0. The molecule has 5 heteroatoms. The molecule has 2 heterocycles. The summed E-state index contributed by atoms with van der Waals surface area (Å²) in [7, 11) is 1.86. The van der Waals surface area contributed by atoms with Crippen LogP contribution in [0, 0.1) is 24.7 Å². The van der Waals surface area contributed by atoms with Crippen molar-refractivity contribution in [1.29, 1.82) is 0 Å². The first-order chi connectivity index (χ1) is 13.5. The van der Waals surface area contributed by atoms with Crippen LogP contribution in [0.25, 0.3) is 0 Å². The number of fused-ring (bicyclic) bond motifs is 3. The van der Waals surface area contributed by atoms with Crippen molar-refractivity contribution in [1.82, 2.24) is 9.88 Å². The fourth-order valence-corrected chi connectivity index (χ4v) is 5.36. The van der Waals surface area contributed by atoms with Crippen LogP contribution in [0.5, 0.6) is 5.75 Å². The highest BCUT2D eigenvalue weighted by Crippen LogP contribution is 2.66. The molecule has 144 valence electrons. The maximum atomic E-state index is 13.1. The molecule has 0 bridgehead atoms. The second-order valence-corrected chi connectivity index (χ2v) is 8.57. The highest BCUT2D eigenvalue weighted by atomic mass is 16.5. The third-order valence-electron chi connectivity index (χ3n) is 6.72. The Morgan fingerprint density at radius 3 is 2.86 bits per heavy atom. The Morgan fingerprint density at radius 1 is 1.29 bits per heavy atom. The molecule has 0 unspecified atom stereocenters. The van der Waals surface area contributed by atoms with Crippen LogP contribution in [0.4, 0.5) is 0 Å². The van der Waals surface area contributed by atoms with E-state index in [1.54, 1.807) is 17.3 Å². The van der Waals surface area contributed by atoms with Gasteiger partial charge >= 0.3 is 0 Å². The lowest BCUT2D eigenvalue weighted by Gasteiger charge is -2.37. The van der Waals surface area contributed by atoms with Gasteiger partial charge in [-0.25, -0.2) is 0 Å². The molecule has 5 rings (SSSR count). The first kappa shape index (κ1) is 17.4. The van der Waals surface area contributed by atoms with Gasteiger partial charge in [0.15, 0.2) is 5.78 Å². The van der Waals surface area contributed by atoms with Crippen molar-refractivity contribution < 1.29 is 14.3 Å². The zero-order valence-corrected chi connectivity index (χ0v) is 16.2. The summed E-state index contributed by atoms with van der Waals surface area (Å²) in [6.45, 7) is 2.56. The SMILES string of the molecule is Cc1ccc2c(c1)C(=O)C[C@]1(CC[C@@H]3[C@H](C(=O)N(C)Cc4ccncc4)[C@@H]31)O2. The van der Waals surface area contributed by atoms with E-state index in [9.17, 15) is 9.59 Å². The zero-order valence-electron chi connectivity index (χ0n) is 16.2. The number of aryl methyl sites for hydroxylation is 1. The Balaban J connectivity index is 1.34. The quantitative estimate of drug-likeness (QED) is 0.824. The monoisotopic (exact) mass is 376 g/mol. The summed E-state index contributed by atoms with van der Waals surface area (Å²) in [6, 6.07) is 9.66. The maximum Gasteiger partial charge on any atom is 0.226 e. The fourth-order valence-electron chi connectivity index (χ4n) is 5.36. The predicted octanol–water partition coefficient (Wildman–Crippen LogP) is 3.41. The number of amides is 1. The Labute approximate surface area is 164 Å². The number of rotatable bonds is 3. The van der Waals surface area contributed by atoms with Crippen LogP contribution in [0.15, 0.2) is 42.7 Å². The van der Waals surface area contributed by atoms with Gasteiger partial charge in [0.1, 0.15) is 11.4 Å². The van der Waals surface area contributed by atoms with E-state index in [1.165, 1.54) is 0 Å². The van der Waals surface area contributed by atoms with Gasteiger partial charge in [-0.15, -0.1) is 0 Å². The van der Waals surface area contributed by atoms with E-state index in [2.05, 4.69) is 4.98 Å². The molecule has 2 saturated carbocycles. The van der Waals surface area contributed by atoms with Gasteiger partial charge in [-0.3, -0.25) is 14.6 Å². The molecule has 2 aliphatic carbocycles. The van der Waals surface area contributed by atoms with E-state index in [0.29, 0.717) is 30.2 Å². The first-order valence-corrected chi connectivity index (χ1v) is 9.95. The summed E-state index contributed by atoms with van der Waals surface area (Å²) in [4.78, 5) is 31.8. The van der Waals surface area contributed by atoms with Crippen LogP contribution in [0.1, 0.15) is 40.7 Å². The van der Waals surface area contributed by atoms with Gasteiger partial charge in [0.2, 0.25) is 5.91 Å². The first-order valence-electron chi connectivity index (χ1n) is 9.95. The van der Waals surface area contributed by atoms with Gasteiger partial charge < -0.3 is 9.64 Å². The summed E-state index contributed by atoms with van der Waals surface area (Å²) in [5.74, 6) is 1.46. The number of hydrogen-bond acceptors (Lipinski definition) is 4. The summed E-state index contributed by atoms with van der Waals surface area (Å²) < 4.78 is 6.44. The highest BCUT2D eigenvalue weighted by molar-refractivity contribution is 6.01. The minimum atomic E-state index is -0.498. The molecule has 0 saturated heterocycles. The topological polar surface area (TPSA) is 59.5 Å². The second-order valence-electron chi connectivity index (χ2n) is 8.57. The third-order valence-corrected chi connectivity index (χ3v) is 6.72. The second kappa shape index (κ2) is 6.16. The van der Waals surface area contributed by atoms with Crippen molar-refractivity contribution in [2.45, 2.75) is 38.3 Å². The molecule has 1 amide bonds. The zero-order chi connectivity index (χ0) is 19.5. The molecule has 28 heavy (non-hydrogen) atoms. The summed E-state index contributed by atoms with van der Waals surface area (Å²) in [5, 5.41) is 0. The third kappa shape index (κ3) is 2.64. The maximum absolute atomic E-state index is 13.1. The van der Waals surface area contributed by atoms with Gasteiger partial charge in [-0.1, -0.05) is 11.6 Å². The van der Waals surface area contributed by atoms with E-state index in [4.69, 9.17) is 4.74 Å². The van der Waals surface area contributed by atoms with Crippen molar-refractivity contribution in [3.8, 4) is 5.75 Å². The molecule has 3 aliphatic rings. The molecule has 5 nitrogen and oxygen atoms in total. The Kier molecular flexibility index (Phi) is 3.83. The number of aromatic nitrogens is 1. The highest BCUT2D eigenvalue weighted by Gasteiger charge is 2.70. The number of carbonyl (C=O) groups excluding carboxylic acids is 2. The number of ether oxygens (including phenoxy) is 1. The van der Waals surface area contributed by atoms with Crippen LogP contribution in [0.3, 0.4) is 0 Å². The van der Waals surface area contributed by atoms with Crippen molar-refractivity contribution >= 4 is 11.7 Å². The van der Waals surface area contributed by atoms with Crippen LogP contribution >= 0.6 is 0 Å². The van der Waals surface area contributed by atoms with Crippen molar-refractivity contribution in [3.05, 3.63) is 59.4 Å². The van der Waals surface area contributed by atoms with Gasteiger partial charge in [-0.05, 0) is 55.5 Å². The molecular formula is C23H24N2O3. The molecule has 0 radical (unpaired) electrons. The largest absolute Gasteiger partial charge is 0.486 e. The normalized spacial score (nSPS) is 29.8. The van der Waals surface area contributed by atoms with Crippen molar-refractivity contribution in [2.75, 3.05) is 7.05 Å². The molecule has 2 fully saturated rings. The standard InChI is InChI=1S/C23H24N2O3/c1-14-3-4-19-17(11-14)18(26)12-23(28-19)8-5-16-20(21(16)23)22(27)25(2)13-15-6-9-24-10-7-15/h3-4,6-7,9-11,16,20-21H,5,8,12-13H2,1-2H3/t16-,20+,21-,23+/m1/s1. The minimum absolute atomic E-state index is 0.0274. The van der Waals surface area contributed by atoms with E-state index in [-0.39, 0.29) is 23.5 Å². The van der Waals surface area contributed by atoms with Crippen LogP contribution in [-0.4, -0.2) is 34.2 Å². The number of Topliss-reactive ketones (excluding diaryl/α,β-unsaturated/α-hetero) is 1. The van der Waals surface area contributed by atoms with Crippen molar-refractivity contribution in [2.24, 2.45) is 17.8 Å². The lowest BCUT2D eigenvalue weighted by atomic mass is 9.84. The predicted molar refractivity (Wildman–Crippen MR) is 104 cm³/mol. The fraction of sp³-hybridized carbons (Fsp3) is 0.435. The Hall–Kier alpha value is -2.69. The molecule has 2 aromatic rings. The minimum Gasteiger partial charge on any atom is -0.486 e. The number of nitrogens with zero attached hydrogens (tertiary/aromatic N) is 2. The van der Waals surface area contributed by atoms with E-state index in [1.807, 2.05) is 44.3 Å². The number of carbonyl (C=O) groups is 2. The van der Waals surface area contributed by atoms with Crippen molar-refractivity contribution in [3.63, 3.8) is 0 Å². The summed E-state index contributed by atoms with van der Waals surface area (Å²) in [6.07, 6.45) is 5.70. The number of pyridine rings is 1. The molecule has 1 aliphatic heterocycles. The average Bonchev–Trinajstić information content (AvgIpc) is 3.33. The number of hydrogen-bond donors (Lipinski definition) is 0. The molecule has 0 N–H and O–H groups in total. The van der Waals surface area contributed by atoms with Gasteiger partial charge in [0.05, 0.1) is 12.0 Å². The molecule has 1 spiro atoms. The molecular weight excluding hydrogens is 352 g/mol. The van der Waals surface area contributed by atoms with Crippen LogP contribution in [0.2, 0.25) is 0 Å². The van der Waals surface area contributed by atoms with Gasteiger partial charge in [-0.2, -0.15) is 0 Å². The summed E-state index contributed by atoms with van der Waals surface area (Å²) in [5.41, 5.74) is 2.32.